The molecule has 1 aromatic carbocycles. The van der Waals surface area contributed by atoms with E-state index in [9.17, 15) is 0 Å². The number of benzene rings is 1. The molecule has 0 amide bonds. The molecular formula is C17H22S. The second kappa shape index (κ2) is 7.54. The van der Waals surface area contributed by atoms with Crippen LogP contribution in [-0.2, 0) is 0 Å². The van der Waals surface area contributed by atoms with E-state index in [0.717, 1.165) is 17.6 Å². The largest absolute Gasteiger partial charge is 0.122 e. The van der Waals surface area contributed by atoms with E-state index in [0.29, 0.717) is 0 Å². The van der Waals surface area contributed by atoms with Gasteiger partial charge in [-0.1, -0.05) is 31.0 Å². The van der Waals surface area contributed by atoms with E-state index in [2.05, 4.69) is 48.0 Å². The second-order valence-electron chi connectivity index (χ2n) is 5.11. The summed E-state index contributed by atoms with van der Waals surface area (Å²) in [6, 6.07) is 10.8. The molecule has 96 valence electrons. The fourth-order valence-electron chi connectivity index (χ4n) is 2.80. The number of rotatable bonds is 5. The Bertz CT molecular complexity index is 376. The Labute approximate surface area is 116 Å². The Morgan fingerprint density at radius 3 is 2.72 bits per heavy atom. The van der Waals surface area contributed by atoms with Crippen LogP contribution in [0.4, 0.5) is 0 Å². The van der Waals surface area contributed by atoms with Crippen LogP contribution in [0, 0.1) is 18.3 Å². The molecular weight excluding hydrogens is 236 g/mol. The molecule has 2 atom stereocenters. The van der Waals surface area contributed by atoms with Crippen molar-refractivity contribution in [2.45, 2.75) is 55.1 Å². The Hall–Kier alpha value is -0.870. The number of thioether (sulfide) groups is 1. The number of hydrogen-bond acceptors (Lipinski definition) is 1. The van der Waals surface area contributed by atoms with Gasteiger partial charge >= 0.3 is 0 Å². The maximum absolute atomic E-state index is 5.35. The molecule has 2 rings (SSSR count). The Morgan fingerprint density at radius 2 is 1.94 bits per heavy atom. The van der Waals surface area contributed by atoms with Crippen molar-refractivity contribution in [1.82, 2.24) is 0 Å². The highest BCUT2D eigenvalue weighted by Crippen LogP contribution is 2.39. The minimum absolute atomic E-state index is 0.805. The van der Waals surface area contributed by atoms with E-state index in [1.807, 2.05) is 0 Å². The Morgan fingerprint density at radius 1 is 1.17 bits per heavy atom. The zero-order valence-corrected chi connectivity index (χ0v) is 11.8. The molecule has 0 aromatic heterocycles. The molecule has 0 aliphatic heterocycles. The third-order valence-electron chi connectivity index (χ3n) is 3.77. The summed E-state index contributed by atoms with van der Waals surface area (Å²) in [7, 11) is 0. The van der Waals surface area contributed by atoms with Crippen LogP contribution in [-0.4, -0.2) is 5.25 Å². The average molecular weight is 258 g/mol. The van der Waals surface area contributed by atoms with Crippen LogP contribution in [0.2, 0.25) is 0 Å². The molecule has 1 aliphatic carbocycles. The number of unbranched alkanes of at least 4 members (excludes halogenated alkanes) is 1. The van der Waals surface area contributed by atoms with E-state index in [1.54, 1.807) is 0 Å². The summed E-state index contributed by atoms with van der Waals surface area (Å²) in [6.07, 6.45) is 14.4. The van der Waals surface area contributed by atoms with Crippen molar-refractivity contribution in [2.75, 3.05) is 0 Å². The van der Waals surface area contributed by atoms with Gasteiger partial charge in [0.15, 0.2) is 0 Å². The van der Waals surface area contributed by atoms with Crippen LogP contribution in [0.3, 0.4) is 0 Å². The quantitative estimate of drug-likeness (QED) is 0.520. The van der Waals surface area contributed by atoms with Crippen LogP contribution in [0.25, 0.3) is 0 Å². The lowest BCUT2D eigenvalue weighted by atomic mass is 9.85. The average Bonchev–Trinajstić information content (AvgIpc) is 2.42. The molecule has 0 N–H and O–H groups in total. The Balaban J connectivity index is 1.89. The normalized spacial score (nSPS) is 23.5. The molecule has 2 unspecified atom stereocenters. The summed E-state index contributed by atoms with van der Waals surface area (Å²) in [5, 5.41) is 0.805. The lowest BCUT2D eigenvalue weighted by molar-refractivity contribution is 0.345. The fraction of sp³-hybridized carbons (Fsp3) is 0.529. The first kappa shape index (κ1) is 13.6. The lowest BCUT2D eigenvalue weighted by Gasteiger charge is -2.31. The second-order valence-corrected chi connectivity index (χ2v) is 6.42. The summed E-state index contributed by atoms with van der Waals surface area (Å²) in [5.41, 5.74) is 0. The zero-order chi connectivity index (χ0) is 12.6. The molecule has 0 heterocycles. The van der Waals surface area contributed by atoms with Crippen molar-refractivity contribution in [1.29, 1.82) is 0 Å². The lowest BCUT2D eigenvalue weighted by Crippen LogP contribution is -2.21. The van der Waals surface area contributed by atoms with Gasteiger partial charge in [0.25, 0.3) is 0 Å². The zero-order valence-electron chi connectivity index (χ0n) is 11.0. The highest BCUT2D eigenvalue weighted by atomic mass is 32.2. The van der Waals surface area contributed by atoms with Crippen LogP contribution in [0.15, 0.2) is 35.2 Å². The molecule has 1 heteroatoms. The summed E-state index contributed by atoms with van der Waals surface area (Å²) >= 11 is 2.08. The van der Waals surface area contributed by atoms with Crippen molar-refractivity contribution in [3.05, 3.63) is 30.3 Å². The fourth-order valence-corrected chi connectivity index (χ4v) is 4.21. The molecule has 0 bridgehead atoms. The van der Waals surface area contributed by atoms with Crippen LogP contribution >= 0.6 is 11.8 Å². The van der Waals surface area contributed by atoms with Crippen LogP contribution in [0.5, 0.6) is 0 Å². The topological polar surface area (TPSA) is 0 Å². The maximum Gasteiger partial charge on any atom is 0.0123 e. The van der Waals surface area contributed by atoms with Gasteiger partial charge in [-0.25, -0.2) is 0 Å². The smallest absolute Gasteiger partial charge is 0.0123 e. The van der Waals surface area contributed by atoms with Crippen molar-refractivity contribution >= 4 is 11.8 Å². The van der Waals surface area contributed by atoms with Gasteiger partial charge in [0.05, 0.1) is 0 Å². The standard InChI is InChI=1S/C17H22S/c1-2-3-5-10-15-11-8-9-14-17(15)18-16-12-6-4-7-13-16/h1,4,6-7,12-13,15,17H,3,5,8-11,14H2. The van der Waals surface area contributed by atoms with Crippen molar-refractivity contribution < 1.29 is 0 Å². The third kappa shape index (κ3) is 4.10. The van der Waals surface area contributed by atoms with Crippen LogP contribution in [0.1, 0.15) is 44.9 Å². The Kier molecular flexibility index (Phi) is 5.68. The van der Waals surface area contributed by atoms with Crippen molar-refractivity contribution in [2.24, 2.45) is 5.92 Å². The van der Waals surface area contributed by atoms with Gasteiger partial charge in [0.1, 0.15) is 0 Å². The summed E-state index contributed by atoms with van der Waals surface area (Å²) in [6.45, 7) is 0. The number of terminal acetylenes is 1. The maximum atomic E-state index is 5.35. The van der Waals surface area contributed by atoms with E-state index in [4.69, 9.17) is 6.42 Å². The molecule has 1 fully saturated rings. The van der Waals surface area contributed by atoms with Gasteiger partial charge in [0.2, 0.25) is 0 Å². The first-order valence-electron chi connectivity index (χ1n) is 7.05. The van der Waals surface area contributed by atoms with Gasteiger partial charge in [-0.2, -0.15) is 0 Å². The molecule has 0 nitrogen and oxygen atoms in total. The molecule has 1 aromatic rings. The van der Waals surface area contributed by atoms with Gasteiger partial charge in [-0.3, -0.25) is 0 Å². The first-order valence-corrected chi connectivity index (χ1v) is 7.93. The first-order chi connectivity index (χ1) is 8.90. The summed E-state index contributed by atoms with van der Waals surface area (Å²) in [4.78, 5) is 1.42. The summed E-state index contributed by atoms with van der Waals surface area (Å²) < 4.78 is 0. The van der Waals surface area contributed by atoms with Crippen LogP contribution < -0.4 is 0 Å². The van der Waals surface area contributed by atoms with Crippen molar-refractivity contribution in [3.8, 4) is 12.3 Å². The van der Waals surface area contributed by atoms with Gasteiger partial charge in [0, 0.05) is 16.6 Å². The van der Waals surface area contributed by atoms with E-state index >= 15 is 0 Å². The number of hydrogen-bond donors (Lipinski definition) is 0. The van der Waals surface area contributed by atoms with Gasteiger partial charge in [-0.05, 0) is 43.7 Å². The predicted octanol–water partition coefficient (Wildman–Crippen LogP) is 5.14. The monoisotopic (exact) mass is 258 g/mol. The molecule has 1 saturated carbocycles. The minimum Gasteiger partial charge on any atom is -0.122 e. The van der Waals surface area contributed by atoms with Gasteiger partial charge in [-0.15, -0.1) is 24.1 Å². The predicted molar refractivity (Wildman–Crippen MR) is 80.7 cm³/mol. The molecule has 1 aliphatic rings. The SMILES string of the molecule is C#CCCCC1CCCCC1Sc1ccccc1. The highest BCUT2D eigenvalue weighted by Gasteiger charge is 2.25. The van der Waals surface area contributed by atoms with E-state index in [-0.39, 0.29) is 0 Å². The summed E-state index contributed by atoms with van der Waals surface area (Å²) in [5.74, 6) is 3.64. The molecule has 0 spiro atoms. The molecule has 0 saturated heterocycles. The third-order valence-corrected chi connectivity index (χ3v) is 5.23. The van der Waals surface area contributed by atoms with E-state index < -0.39 is 0 Å². The highest BCUT2D eigenvalue weighted by molar-refractivity contribution is 8.00. The minimum atomic E-state index is 0.805. The van der Waals surface area contributed by atoms with Gasteiger partial charge < -0.3 is 0 Å². The molecule has 0 radical (unpaired) electrons. The van der Waals surface area contributed by atoms with E-state index in [1.165, 1.54) is 43.4 Å². The van der Waals surface area contributed by atoms with Crippen molar-refractivity contribution in [3.63, 3.8) is 0 Å². The molecule has 18 heavy (non-hydrogen) atoms.